The number of nitrogens with one attached hydrogen (secondary N) is 1. The number of hydrogen-bond acceptors (Lipinski definition) is 4. The summed E-state index contributed by atoms with van der Waals surface area (Å²) in [5.41, 5.74) is 2.49. The number of carbonyl (C=O) groups excluding carboxylic acids is 2. The second-order valence-corrected chi connectivity index (χ2v) is 7.04. The van der Waals surface area contributed by atoms with Gasteiger partial charge in [0.1, 0.15) is 5.75 Å². The number of fused-ring (bicyclic) bond motifs is 1. The fraction of sp³-hybridized carbons (Fsp3) is 0.217. The van der Waals surface area contributed by atoms with E-state index in [9.17, 15) is 9.59 Å². The number of methoxy groups -OCH3 is 1. The van der Waals surface area contributed by atoms with Crippen LogP contribution in [0.25, 0.3) is 17.0 Å². The molecule has 5 heteroatoms. The number of aromatic nitrogens is 1. The summed E-state index contributed by atoms with van der Waals surface area (Å²) in [7, 11) is 1.32. The van der Waals surface area contributed by atoms with E-state index >= 15 is 0 Å². The maximum atomic E-state index is 12.5. The van der Waals surface area contributed by atoms with Gasteiger partial charge < -0.3 is 14.5 Å². The summed E-state index contributed by atoms with van der Waals surface area (Å²) in [5.74, 6) is -0.0865. The first-order valence-corrected chi connectivity index (χ1v) is 8.99. The highest BCUT2D eigenvalue weighted by Gasteiger charge is 2.31. The Morgan fingerprint density at radius 1 is 1.04 bits per heavy atom. The highest BCUT2D eigenvalue weighted by molar-refractivity contribution is 6.08. The van der Waals surface area contributed by atoms with Crippen LogP contribution in [0, 0.1) is 6.92 Å². The number of ketones is 1. The maximum Gasteiger partial charge on any atom is 0.349 e. The number of aromatic amines is 1. The van der Waals surface area contributed by atoms with Gasteiger partial charge in [0.15, 0.2) is 11.4 Å². The molecule has 1 heterocycles. The molecule has 0 saturated heterocycles. The molecule has 0 aliphatic carbocycles. The molecule has 0 unspecified atom stereocenters. The molecule has 28 heavy (non-hydrogen) atoms. The van der Waals surface area contributed by atoms with Crippen molar-refractivity contribution in [3.8, 4) is 5.75 Å². The second-order valence-electron chi connectivity index (χ2n) is 7.04. The van der Waals surface area contributed by atoms with E-state index in [1.807, 2.05) is 37.3 Å². The third-order valence-electron chi connectivity index (χ3n) is 4.53. The normalized spacial score (nSPS) is 11.7. The molecule has 0 aliphatic heterocycles. The van der Waals surface area contributed by atoms with Crippen LogP contribution < -0.4 is 4.74 Å². The van der Waals surface area contributed by atoms with Gasteiger partial charge in [-0.3, -0.25) is 4.79 Å². The van der Waals surface area contributed by atoms with Gasteiger partial charge in [0.25, 0.3) is 0 Å². The molecule has 0 amide bonds. The molecule has 0 atom stereocenters. The van der Waals surface area contributed by atoms with Crippen molar-refractivity contribution in [3.63, 3.8) is 0 Å². The van der Waals surface area contributed by atoms with Gasteiger partial charge >= 0.3 is 5.97 Å². The Hall–Kier alpha value is -3.34. The Kier molecular flexibility index (Phi) is 5.36. The van der Waals surface area contributed by atoms with E-state index < -0.39 is 11.6 Å². The Morgan fingerprint density at radius 2 is 1.71 bits per heavy atom. The number of allylic oxidation sites excluding steroid dienone is 1. The molecule has 3 rings (SSSR count). The van der Waals surface area contributed by atoms with Crippen molar-refractivity contribution in [1.29, 1.82) is 0 Å². The standard InChI is InChI=1S/C23H23NO4/c1-15-18(19-7-5-6-8-20(19)24-15)13-14-21(25)16-9-11-17(12-10-16)28-23(2,3)22(26)27-4/h5-14,24H,1-4H3/b14-13+. The first kappa shape index (κ1) is 19.4. The smallest absolute Gasteiger partial charge is 0.349 e. The molecule has 0 aliphatic rings. The lowest BCUT2D eigenvalue weighted by molar-refractivity contribution is -0.156. The minimum Gasteiger partial charge on any atom is -0.476 e. The van der Waals surface area contributed by atoms with Crippen molar-refractivity contribution in [2.45, 2.75) is 26.4 Å². The van der Waals surface area contributed by atoms with Crippen molar-refractivity contribution in [2.24, 2.45) is 0 Å². The van der Waals surface area contributed by atoms with Crippen LogP contribution in [0.1, 0.15) is 35.5 Å². The Balaban J connectivity index is 1.75. The number of hydrogen-bond donors (Lipinski definition) is 1. The van der Waals surface area contributed by atoms with Crippen LogP contribution in [0.3, 0.4) is 0 Å². The largest absolute Gasteiger partial charge is 0.476 e. The molecule has 1 N–H and O–H groups in total. The summed E-state index contributed by atoms with van der Waals surface area (Å²) in [6.45, 7) is 5.24. The Labute approximate surface area is 164 Å². The van der Waals surface area contributed by atoms with Gasteiger partial charge in [-0.25, -0.2) is 4.79 Å². The predicted molar refractivity (Wildman–Crippen MR) is 110 cm³/mol. The lowest BCUT2D eigenvalue weighted by Crippen LogP contribution is -2.39. The lowest BCUT2D eigenvalue weighted by Gasteiger charge is -2.23. The van der Waals surface area contributed by atoms with Gasteiger partial charge in [-0.15, -0.1) is 0 Å². The Morgan fingerprint density at radius 3 is 2.39 bits per heavy atom. The van der Waals surface area contributed by atoms with Gasteiger partial charge in [0, 0.05) is 27.7 Å². The molecule has 5 nitrogen and oxygen atoms in total. The van der Waals surface area contributed by atoms with E-state index in [4.69, 9.17) is 9.47 Å². The zero-order valence-electron chi connectivity index (χ0n) is 16.4. The minimum absolute atomic E-state index is 0.108. The van der Waals surface area contributed by atoms with E-state index in [2.05, 4.69) is 4.98 Å². The van der Waals surface area contributed by atoms with Crippen LogP contribution in [-0.2, 0) is 9.53 Å². The van der Waals surface area contributed by atoms with Crippen molar-refractivity contribution in [3.05, 3.63) is 71.4 Å². The van der Waals surface area contributed by atoms with Crippen molar-refractivity contribution < 1.29 is 19.1 Å². The summed E-state index contributed by atoms with van der Waals surface area (Å²) in [5, 5.41) is 1.08. The number of benzene rings is 2. The molecule has 144 valence electrons. The zero-order chi connectivity index (χ0) is 20.3. The summed E-state index contributed by atoms with van der Waals surface area (Å²) < 4.78 is 10.4. The summed E-state index contributed by atoms with van der Waals surface area (Å²) in [6, 6.07) is 14.7. The van der Waals surface area contributed by atoms with Gasteiger partial charge in [-0.1, -0.05) is 18.2 Å². The number of ether oxygens (including phenoxy) is 2. The van der Waals surface area contributed by atoms with Crippen molar-refractivity contribution in [1.82, 2.24) is 4.98 Å². The summed E-state index contributed by atoms with van der Waals surface area (Å²) in [6.07, 6.45) is 3.40. The molecule has 2 aromatic carbocycles. The van der Waals surface area contributed by atoms with Crippen molar-refractivity contribution >= 4 is 28.7 Å². The van der Waals surface area contributed by atoms with Crippen LogP contribution in [0.5, 0.6) is 5.75 Å². The molecule has 1 aromatic heterocycles. The Bertz CT molecular complexity index is 1040. The third kappa shape index (κ3) is 3.98. The minimum atomic E-state index is -1.10. The second kappa shape index (κ2) is 7.72. The van der Waals surface area contributed by atoms with Crippen LogP contribution in [0.15, 0.2) is 54.6 Å². The monoisotopic (exact) mass is 377 g/mol. The molecule has 0 fully saturated rings. The molecule has 0 bridgehead atoms. The van der Waals surface area contributed by atoms with E-state index in [0.717, 1.165) is 22.2 Å². The van der Waals surface area contributed by atoms with Gasteiger partial charge in [0.05, 0.1) is 7.11 Å². The highest BCUT2D eigenvalue weighted by Crippen LogP contribution is 2.24. The SMILES string of the molecule is COC(=O)C(C)(C)Oc1ccc(C(=O)/C=C/c2c(C)[nH]c3ccccc23)cc1. The molecule has 3 aromatic rings. The lowest BCUT2D eigenvalue weighted by atomic mass is 10.1. The predicted octanol–water partition coefficient (Wildman–Crippen LogP) is 4.70. The first-order valence-electron chi connectivity index (χ1n) is 8.99. The number of para-hydroxylation sites is 1. The van der Waals surface area contributed by atoms with E-state index in [0.29, 0.717) is 11.3 Å². The van der Waals surface area contributed by atoms with Crippen LogP contribution in [0.4, 0.5) is 0 Å². The van der Waals surface area contributed by atoms with Gasteiger partial charge in [0.2, 0.25) is 0 Å². The average molecular weight is 377 g/mol. The van der Waals surface area contributed by atoms with E-state index in [1.165, 1.54) is 7.11 Å². The quantitative estimate of drug-likeness (QED) is 0.384. The first-order chi connectivity index (χ1) is 13.3. The highest BCUT2D eigenvalue weighted by atomic mass is 16.6. The van der Waals surface area contributed by atoms with Gasteiger partial charge in [-0.05, 0) is 63.3 Å². The summed E-state index contributed by atoms with van der Waals surface area (Å²) in [4.78, 5) is 27.6. The zero-order valence-corrected chi connectivity index (χ0v) is 16.4. The number of rotatable bonds is 6. The topological polar surface area (TPSA) is 68.4 Å². The van der Waals surface area contributed by atoms with Crippen LogP contribution in [-0.4, -0.2) is 29.4 Å². The van der Waals surface area contributed by atoms with Crippen molar-refractivity contribution in [2.75, 3.05) is 7.11 Å². The summed E-state index contributed by atoms with van der Waals surface area (Å²) >= 11 is 0. The average Bonchev–Trinajstić information content (AvgIpc) is 3.00. The number of esters is 1. The molecular weight excluding hydrogens is 354 g/mol. The fourth-order valence-corrected chi connectivity index (χ4v) is 3.04. The molecule has 0 saturated carbocycles. The third-order valence-corrected chi connectivity index (χ3v) is 4.53. The number of aryl methyl sites for hydroxylation is 1. The fourth-order valence-electron chi connectivity index (χ4n) is 3.04. The molecule has 0 radical (unpaired) electrons. The number of carbonyl (C=O) groups is 2. The molecular formula is C23H23NO4. The van der Waals surface area contributed by atoms with Crippen LogP contribution in [0.2, 0.25) is 0 Å². The van der Waals surface area contributed by atoms with E-state index in [1.54, 1.807) is 44.2 Å². The van der Waals surface area contributed by atoms with E-state index in [-0.39, 0.29) is 5.78 Å². The molecule has 0 spiro atoms. The van der Waals surface area contributed by atoms with Crippen LogP contribution >= 0.6 is 0 Å². The maximum absolute atomic E-state index is 12.5. The number of H-pyrrole nitrogens is 1. The van der Waals surface area contributed by atoms with Gasteiger partial charge in [-0.2, -0.15) is 0 Å².